The van der Waals surface area contributed by atoms with Crippen LogP contribution in [0.4, 0.5) is 0 Å². The average Bonchev–Trinajstić information content (AvgIpc) is 2.28. The molecule has 0 atom stereocenters. The van der Waals surface area contributed by atoms with Crippen molar-refractivity contribution in [2.45, 2.75) is 6.42 Å². The third-order valence-electron chi connectivity index (χ3n) is 2.22. The van der Waals surface area contributed by atoms with Crippen LogP contribution in [-0.4, -0.2) is 31.2 Å². The minimum Gasteiger partial charge on any atom is -0.352 e. The second-order valence-electron chi connectivity index (χ2n) is 3.82. The summed E-state index contributed by atoms with van der Waals surface area (Å²) in [6, 6.07) is 9.55. The summed E-state index contributed by atoms with van der Waals surface area (Å²) < 4.78 is 29.7. The number of hydrogen-bond donors (Lipinski definition) is 2. The van der Waals surface area contributed by atoms with Gasteiger partial charge in [0, 0.05) is 12.1 Å². The molecule has 98 valence electrons. The molecule has 2 N–H and O–H groups in total. The highest BCUT2D eigenvalue weighted by Crippen LogP contribution is 1.99. The van der Waals surface area contributed by atoms with Crippen LogP contribution in [0.15, 0.2) is 42.5 Å². The molecule has 0 fully saturated rings. The molecule has 0 spiro atoms. The predicted octanol–water partition coefficient (Wildman–Crippen LogP) is 0.789. The number of nitrogens with one attached hydrogen (secondary N) is 1. The maximum atomic E-state index is 11.4. The van der Waals surface area contributed by atoms with Crippen LogP contribution in [0.1, 0.15) is 5.56 Å². The van der Waals surface area contributed by atoms with Gasteiger partial charge in [-0.05, 0) is 12.0 Å². The van der Waals surface area contributed by atoms with Gasteiger partial charge in [0.2, 0.25) is 5.91 Å². The van der Waals surface area contributed by atoms with E-state index >= 15 is 0 Å². The highest BCUT2D eigenvalue weighted by Gasteiger charge is 2.13. The van der Waals surface area contributed by atoms with E-state index in [0.717, 1.165) is 5.56 Å². The molecule has 0 aliphatic heterocycles. The van der Waals surface area contributed by atoms with Crippen LogP contribution in [-0.2, 0) is 21.3 Å². The summed E-state index contributed by atoms with van der Waals surface area (Å²) in [5, 5.41) is 2.54. The van der Waals surface area contributed by atoms with Crippen molar-refractivity contribution in [3.05, 3.63) is 48.0 Å². The van der Waals surface area contributed by atoms with E-state index < -0.39 is 21.8 Å². The Bertz CT molecular complexity index is 522. The first-order valence-corrected chi connectivity index (χ1v) is 6.94. The molecule has 0 saturated heterocycles. The molecule has 1 aromatic carbocycles. The number of rotatable bonds is 6. The lowest BCUT2D eigenvalue weighted by molar-refractivity contribution is -0.117. The summed E-state index contributed by atoms with van der Waals surface area (Å²) in [5.41, 5.74) is 0.892. The molecule has 6 heteroatoms. The number of benzene rings is 1. The van der Waals surface area contributed by atoms with E-state index in [9.17, 15) is 13.2 Å². The molecule has 0 heterocycles. The van der Waals surface area contributed by atoms with Crippen molar-refractivity contribution in [2.75, 3.05) is 12.3 Å². The lowest BCUT2D eigenvalue weighted by atomic mass is 10.1. The number of carbonyl (C=O) groups is 1. The molecular formula is C12H15NO4S. The van der Waals surface area contributed by atoms with Crippen LogP contribution >= 0.6 is 0 Å². The fourth-order valence-electron chi connectivity index (χ4n) is 1.38. The second kappa shape index (κ2) is 6.32. The standard InChI is InChI=1S/C12H15NO4S/c1-10(9-18(15,16)17)12(14)13-8-7-11-5-3-2-4-6-11/h2-6H,1,7-9H2,(H,13,14)(H,15,16,17). The average molecular weight is 269 g/mol. The molecule has 1 aromatic rings. The summed E-state index contributed by atoms with van der Waals surface area (Å²) in [6.45, 7) is 3.70. The number of hydrogen-bond acceptors (Lipinski definition) is 3. The third-order valence-corrected chi connectivity index (χ3v) is 2.93. The topological polar surface area (TPSA) is 83.5 Å². The molecule has 0 saturated carbocycles. The van der Waals surface area contributed by atoms with Crippen LogP contribution in [0.25, 0.3) is 0 Å². The van der Waals surface area contributed by atoms with Crippen LogP contribution in [0.2, 0.25) is 0 Å². The lowest BCUT2D eigenvalue weighted by Gasteiger charge is -2.06. The second-order valence-corrected chi connectivity index (χ2v) is 5.27. The third kappa shape index (κ3) is 5.60. The predicted molar refractivity (Wildman–Crippen MR) is 68.7 cm³/mol. The highest BCUT2D eigenvalue weighted by molar-refractivity contribution is 7.86. The molecule has 0 aliphatic carbocycles. The molecular weight excluding hydrogens is 254 g/mol. The van der Waals surface area contributed by atoms with Crippen molar-refractivity contribution in [3.63, 3.8) is 0 Å². The van der Waals surface area contributed by atoms with Gasteiger partial charge in [-0.15, -0.1) is 0 Å². The summed E-state index contributed by atoms with van der Waals surface area (Å²) in [5.74, 6) is -1.31. The van der Waals surface area contributed by atoms with Gasteiger partial charge in [-0.1, -0.05) is 36.9 Å². The molecule has 0 aliphatic rings. The zero-order chi connectivity index (χ0) is 13.6. The summed E-state index contributed by atoms with van der Waals surface area (Å²) in [4.78, 5) is 11.4. The van der Waals surface area contributed by atoms with Crippen molar-refractivity contribution >= 4 is 16.0 Å². The molecule has 0 aromatic heterocycles. The summed E-state index contributed by atoms with van der Waals surface area (Å²) in [7, 11) is -4.21. The minimum atomic E-state index is -4.21. The van der Waals surface area contributed by atoms with Crippen molar-refractivity contribution in [1.82, 2.24) is 5.32 Å². The van der Waals surface area contributed by atoms with Crippen LogP contribution in [0.5, 0.6) is 0 Å². The normalized spacial score (nSPS) is 10.9. The van der Waals surface area contributed by atoms with E-state index in [1.165, 1.54) is 0 Å². The molecule has 0 radical (unpaired) electrons. The van der Waals surface area contributed by atoms with Gasteiger partial charge in [0.05, 0.1) is 0 Å². The first kappa shape index (κ1) is 14.4. The lowest BCUT2D eigenvalue weighted by Crippen LogP contribution is -2.29. The Kier molecular flexibility index (Phi) is 5.06. The molecule has 5 nitrogen and oxygen atoms in total. The fraction of sp³-hybridized carbons (Fsp3) is 0.250. The van der Waals surface area contributed by atoms with Gasteiger partial charge in [-0.2, -0.15) is 8.42 Å². The maximum absolute atomic E-state index is 11.4. The Morgan fingerprint density at radius 2 is 1.89 bits per heavy atom. The monoisotopic (exact) mass is 269 g/mol. The Labute approximate surface area is 106 Å². The van der Waals surface area contributed by atoms with Crippen molar-refractivity contribution < 1.29 is 17.8 Å². The van der Waals surface area contributed by atoms with Crippen molar-refractivity contribution in [3.8, 4) is 0 Å². The Morgan fingerprint density at radius 3 is 2.44 bits per heavy atom. The van der Waals surface area contributed by atoms with Gasteiger partial charge in [-0.25, -0.2) is 0 Å². The Balaban J connectivity index is 2.36. The SMILES string of the molecule is C=C(CS(=O)(=O)O)C(=O)NCCc1ccccc1. The Morgan fingerprint density at radius 1 is 1.28 bits per heavy atom. The maximum Gasteiger partial charge on any atom is 0.269 e. The minimum absolute atomic E-state index is 0.175. The van der Waals surface area contributed by atoms with Crippen molar-refractivity contribution in [1.29, 1.82) is 0 Å². The highest BCUT2D eigenvalue weighted by atomic mass is 32.2. The number of amides is 1. The van der Waals surface area contributed by atoms with Gasteiger partial charge in [-0.3, -0.25) is 9.35 Å². The van der Waals surface area contributed by atoms with Crippen LogP contribution in [0.3, 0.4) is 0 Å². The number of carbonyl (C=O) groups excluding carboxylic acids is 1. The largest absolute Gasteiger partial charge is 0.352 e. The van der Waals surface area contributed by atoms with E-state index in [2.05, 4.69) is 11.9 Å². The smallest absolute Gasteiger partial charge is 0.269 e. The van der Waals surface area contributed by atoms with Gasteiger partial charge in [0.25, 0.3) is 10.1 Å². The molecule has 1 rings (SSSR count). The molecule has 0 unspecified atom stereocenters. The van der Waals surface area contributed by atoms with E-state index in [-0.39, 0.29) is 5.57 Å². The van der Waals surface area contributed by atoms with Gasteiger partial charge in [0.15, 0.2) is 0 Å². The molecule has 18 heavy (non-hydrogen) atoms. The van der Waals surface area contributed by atoms with Crippen LogP contribution in [0, 0.1) is 0 Å². The van der Waals surface area contributed by atoms with E-state index in [1.54, 1.807) is 0 Å². The van der Waals surface area contributed by atoms with Gasteiger partial charge in [0.1, 0.15) is 5.75 Å². The summed E-state index contributed by atoms with van der Waals surface area (Å²) >= 11 is 0. The zero-order valence-corrected chi connectivity index (χ0v) is 10.6. The van der Waals surface area contributed by atoms with Gasteiger partial charge < -0.3 is 5.32 Å². The Hall–Kier alpha value is -1.66. The first-order valence-electron chi connectivity index (χ1n) is 5.33. The van der Waals surface area contributed by atoms with Crippen LogP contribution < -0.4 is 5.32 Å². The molecule has 0 bridgehead atoms. The van der Waals surface area contributed by atoms with E-state index in [1.807, 2.05) is 30.3 Å². The van der Waals surface area contributed by atoms with E-state index in [4.69, 9.17) is 4.55 Å². The first-order chi connectivity index (χ1) is 8.38. The van der Waals surface area contributed by atoms with E-state index in [0.29, 0.717) is 13.0 Å². The van der Waals surface area contributed by atoms with Crippen molar-refractivity contribution in [2.24, 2.45) is 0 Å². The fourth-order valence-corrected chi connectivity index (χ4v) is 1.95. The summed E-state index contributed by atoms with van der Waals surface area (Å²) in [6.07, 6.45) is 0.645. The zero-order valence-electron chi connectivity index (χ0n) is 9.80. The quantitative estimate of drug-likeness (QED) is 0.591. The molecule has 1 amide bonds. The van der Waals surface area contributed by atoms with Gasteiger partial charge >= 0.3 is 0 Å².